The van der Waals surface area contributed by atoms with Gasteiger partial charge in [0.25, 0.3) is 0 Å². The Bertz CT molecular complexity index is 1430. The fourth-order valence-corrected chi connectivity index (χ4v) is 4.63. The van der Waals surface area contributed by atoms with Gasteiger partial charge in [-0.1, -0.05) is 76.2 Å². The predicted octanol–water partition coefficient (Wildman–Crippen LogP) is 5.27. The van der Waals surface area contributed by atoms with Gasteiger partial charge in [0.2, 0.25) is 10.0 Å². The first-order chi connectivity index (χ1) is 16.3. The lowest BCUT2D eigenvalue weighted by Crippen LogP contribution is -2.12. The van der Waals surface area contributed by atoms with Gasteiger partial charge in [-0.3, -0.25) is 4.79 Å². The molecule has 0 amide bonds. The highest BCUT2D eigenvalue weighted by molar-refractivity contribution is 9.10. The minimum absolute atomic E-state index is 0.00969. The predicted molar refractivity (Wildman–Crippen MR) is 138 cm³/mol. The second-order valence-corrected chi connectivity index (χ2v) is 10.6. The molecule has 0 bridgehead atoms. The van der Waals surface area contributed by atoms with E-state index in [1.54, 1.807) is 30.3 Å². The number of carbonyl (C=O) groups excluding carboxylic acids is 1. The Morgan fingerprint density at radius 3 is 2.38 bits per heavy atom. The first kappa shape index (κ1) is 24.1. The molecular weight excluding hydrogens is 536 g/mol. The monoisotopic (exact) mass is 554 g/mol. The molecule has 10 heteroatoms. The Morgan fingerprint density at radius 2 is 1.68 bits per heavy atom. The van der Waals surface area contributed by atoms with E-state index in [4.69, 9.17) is 5.14 Å². The number of carbonyl (C=O) groups is 1. The molecule has 0 saturated heterocycles. The zero-order valence-corrected chi connectivity index (χ0v) is 20.9. The zero-order valence-electron chi connectivity index (χ0n) is 17.7. The number of nitrogens with zero attached hydrogens (tertiary/aromatic N) is 2. The first-order valence-corrected chi connectivity index (χ1v) is 13.4. The number of rotatable bonds is 8. The molecule has 7 nitrogen and oxygen atoms in total. The third kappa shape index (κ3) is 6.29. The van der Waals surface area contributed by atoms with Crippen LogP contribution < -0.4 is 10.5 Å². The van der Waals surface area contributed by atoms with Gasteiger partial charge < -0.3 is 5.32 Å². The lowest BCUT2D eigenvalue weighted by atomic mass is 10.1. The molecule has 0 aliphatic heterocycles. The Morgan fingerprint density at radius 1 is 0.941 bits per heavy atom. The lowest BCUT2D eigenvalue weighted by Gasteiger charge is -2.11. The lowest BCUT2D eigenvalue weighted by molar-refractivity contribution is 0.102. The van der Waals surface area contributed by atoms with Crippen LogP contribution in [0, 0.1) is 0 Å². The van der Waals surface area contributed by atoms with Crippen molar-refractivity contribution >= 4 is 55.0 Å². The van der Waals surface area contributed by atoms with E-state index in [2.05, 4.69) is 31.2 Å². The van der Waals surface area contributed by atoms with Crippen molar-refractivity contribution in [2.45, 2.75) is 10.1 Å². The minimum atomic E-state index is -3.84. The van der Waals surface area contributed by atoms with Gasteiger partial charge in [0.15, 0.2) is 10.9 Å². The number of aromatic nitrogens is 2. The van der Waals surface area contributed by atoms with Crippen molar-refractivity contribution < 1.29 is 13.2 Å². The number of ketones is 1. The van der Waals surface area contributed by atoms with E-state index >= 15 is 0 Å². The molecule has 0 aliphatic carbocycles. The molecule has 0 atom stereocenters. The maximum absolute atomic E-state index is 12.6. The van der Waals surface area contributed by atoms with E-state index in [9.17, 15) is 13.2 Å². The highest BCUT2D eigenvalue weighted by atomic mass is 79.9. The minimum Gasteiger partial charge on any atom is -0.340 e. The fraction of sp³-hybridized carbons (Fsp3) is 0.0417. The summed E-state index contributed by atoms with van der Waals surface area (Å²) in [7, 11) is -3.84. The van der Waals surface area contributed by atoms with Crippen LogP contribution in [0.15, 0.2) is 99.5 Å². The summed E-state index contributed by atoms with van der Waals surface area (Å²) < 4.78 is 24.3. The molecule has 3 N–H and O–H groups in total. The van der Waals surface area contributed by atoms with Gasteiger partial charge in [-0.2, -0.15) is 0 Å². The molecule has 0 spiro atoms. The quantitative estimate of drug-likeness (QED) is 0.173. The van der Waals surface area contributed by atoms with Crippen LogP contribution in [0.25, 0.3) is 11.3 Å². The Labute approximate surface area is 210 Å². The summed E-state index contributed by atoms with van der Waals surface area (Å²) in [6.45, 7) is 0. The third-order valence-electron chi connectivity index (χ3n) is 4.71. The maximum Gasteiger partial charge on any atom is 0.238 e. The summed E-state index contributed by atoms with van der Waals surface area (Å²) in [6, 6.07) is 24.7. The number of nitrogens with two attached hydrogens (primary N) is 1. The molecule has 0 aliphatic rings. The number of sulfonamides is 1. The van der Waals surface area contributed by atoms with Crippen LogP contribution >= 0.6 is 27.7 Å². The summed E-state index contributed by atoms with van der Waals surface area (Å²) in [5.41, 5.74) is 2.66. The van der Waals surface area contributed by atoms with Crippen LogP contribution in [0.3, 0.4) is 0 Å². The van der Waals surface area contributed by atoms with Crippen molar-refractivity contribution in [2.24, 2.45) is 5.14 Å². The second kappa shape index (κ2) is 10.5. The maximum atomic E-state index is 12.6. The summed E-state index contributed by atoms with van der Waals surface area (Å²) in [5.74, 6) is 0.584. The molecule has 0 saturated carbocycles. The van der Waals surface area contributed by atoms with Gasteiger partial charge in [0.1, 0.15) is 5.82 Å². The average Bonchev–Trinajstić information content (AvgIpc) is 2.83. The van der Waals surface area contributed by atoms with Crippen molar-refractivity contribution in [1.29, 1.82) is 0 Å². The molecule has 4 rings (SSSR count). The largest absolute Gasteiger partial charge is 0.340 e. The number of primary sulfonamides is 1. The van der Waals surface area contributed by atoms with Gasteiger partial charge in [0, 0.05) is 27.4 Å². The Balaban J connectivity index is 1.62. The molecule has 1 heterocycles. The first-order valence-electron chi connectivity index (χ1n) is 10.0. The third-order valence-corrected chi connectivity index (χ3v) is 7.00. The number of thioether (sulfide) groups is 1. The molecule has 4 aromatic rings. The number of Topliss-reactive ketones (excluding diaryl/α,β-unsaturated/α-hetero) is 1. The number of halogens is 1. The molecular formula is C24H19BrN4O3S2. The Hall–Kier alpha value is -3.05. The van der Waals surface area contributed by atoms with E-state index in [0.29, 0.717) is 27.9 Å². The molecule has 0 radical (unpaired) electrons. The molecule has 1 aromatic heterocycles. The molecule has 0 fully saturated rings. The van der Waals surface area contributed by atoms with Crippen LogP contribution in [0.4, 0.5) is 11.5 Å². The van der Waals surface area contributed by atoms with Crippen molar-refractivity contribution in [1.82, 2.24) is 9.97 Å². The van der Waals surface area contributed by atoms with Gasteiger partial charge in [-0.25, -0.2) is 23.5 Å². The van der Waals surface area contributed by atoms with Crippen LogP contribution in [0.1, 0.15) is 10.4 Å². The van der Waals surface area contributed by atoms with Crippen molar-refractivity contribution in [3.63, 3.8) is 0 Å². The normalized spacial score (nSPS) is 11.2. The van der Waals surface area contributed by atoms with E-state index in [1.807, 2.05) is 42.5 Å². The summed E-state index contributed by atoms with van der Waals surface area (Å²) in [5, 5.41) is 8.78. The number of anilines is 2. The SMILES string of the molecule is NS(=O)(=O)c1cccc(Nc2cc(-c3ccccc3)nc(SCC(=O)c3ccc(Br)cc3)n2)c1. The fourth-order valence-electron chi connectivity index (χ4n) is 3.06. The summed E-state index contributed by atoms with van der Waals surface area (Å²) in [6.07, 6.45) is 0. The molecule has 0 unspecified atom stereocenters. The van der Waals surface area contributed by atoms with Crippen LogP contribution in [-0.2, 0) is 10.0 Å². The van der Waals surface area contributed by atoms with Crippen LogP contribution in [0.5, 0.6) is 0 Å². The average molecular weight is 555 g/mol. The zero-order chi connectivity index (χ0) is 24.1. The van der Waals surface area contributed by atoms with E-state index in [1.165, 1.54) is 23.9 Å². The topological polar surface area (TPSA) is 115 Å². The highest BCUT2D eigenvalue weighted by Crippen LogP contribution is 2.27. The van der Waals surface area contributed by atoms with Crippen LogP contribution in [0.2, 0.25) is 0 Å². The standard InChI is InChI=1S/C24H19BrN4O3S2/c25-18-11-9-17(10-12-18)22(30)15-33-24-28-21(16-5-2-1-3-6-16)14-23(29-24)27-19-7-4-8-20(13-19)34(26,31)32/h1-14H,15H2,(H2,26,31,32)(H,27,28,29). The number of hydrogen-bond donors (Lipinski definition) is 2. The van der Waals surface area contributed by atoms with Crippen molar-refractivity contribution in [2.75, 3.05) is 11.1 Å². The second-order valence-electron chi connectivity index (χ2n) is 7.20. The van der Waals surface area contributed by atoms with Gasteiger partial charge >= 0.3 is 0 Å². The van der Waals surface area contributed by atoms with Crippen molar-refractivity contribution in [3.8, 4) is 11.3 Å². The summed E-state index contributed by atoms with van der Waals surface area (Å²) >= 11 is 4.60. The molecule has 172 valence electrons. The molecule has 3 aromatic carbocycles. The van der Waals surface area contributed by atoms with E-state index in [-0.39, 0.29) is 16.4 Å². The Kier molecular flexibility index (Phi) is 7.42. The number of benzene rings is 3. The van der Waals surface area contributed by atoms with E-state index in [0.717, 1.165) is 10.0 Å². The smallest absolute Gasteiger partial charge is 0.238 e. The highest BCUT2D eigenvalue weighted by Gasteiger charge is 2.13. The number of nitrogens with one attached hydrogen (secondary N) is 1. The van der Waals surface area contributed by atoms with Gasteiger partial charge in [-0.05, 0) is 30.3 Å². The van der Waals surface area contributed by atoms with E-state index < -0.39 is 10.0 Å². The summed E-state index contributed by atoms with van der Waals surface area (Å²) in [4.78, 5) is 21.8. The van der Waals surface area contributed by atoms with Crippen molar-refractivity contribution in [3.05, 3.63) is 95.0 Å². The molecule has 34 heavy (non-hydrogen) atoms. The number of hydrogen-bond acceptors (Lipinski definition) is 7. The van der Waals surface area contributed by atoms with Gasteiger partial charge in [0.05, 0.1) is 16.3 Å². The van der Waals surface area contributed by atoms with Crippen LogP contribution in [-0.4, -0.2) is 29.9 Å². The van der Waals surface area contributed by atoms with Gasteiger partial charge in [-0.15, -0.1) is 0 Å².